The van der Waals surface area contributed by atoms with Crippen molar-refractivity contribution < 1.29 is 18.0 Å². The molecule has 10 heteroatoms. The van der Waals surface area contributed by atoms with Gasteiger partial charge in [0.05, 0.1) is 11.9 Å². The molecule has 1 saturated carbocycles. The monoisotopic (exact) mass is 641 g/mol. The molecule has 0 radical (unpaired) electrons. The van der Waals surface area contributed by atoms with Crippen molar-refractivity contribution >= 4 is 59.4 Å². The number of rotatable bonds is 9. The van der Waals surface area contributed by atoms with Gasteiger partial charge in [0.1, 0.15) is 12.6 Å². The van der Waals surface area contributed by atoms with Crippen LogP contribution < -0.4 is 9.62 Å². The van der Waals surface area contributed by atoms with Gasteiger partial charge in [-0.25, -0.2) is 8.42 Å². The van der Waals surface area contributed by atoms with Gasteiger partial charge in [0.25, 0.3) is 0 Å². The second-order valence-electron chi connectivity index (χ2n) is 9.37. The van der Waals surface area contributed by atoms with Crippen LogP contribution in [0.25, 0.3) is 0 Å². The molecule has 7 nitrogen and oxygen atoms in total. The number of halogens is 2. The van der Waals surface area contributed by atoms with E-state index in [9.17, 15) is 18.0 Å². The molecule has 0 saturated heterocycles. The number of hydrogen-bond acceptors (Lipinski definition) is 4. The third-order valence-corrected chi connectivity index (χ3v) is 8.99. The molecule has 1 N–H and O–H groups in total. The molecule has 1 aliphatic rings. The van der Waals surface area contributed by atoms with Crippen molar-refractivity contribution in [3.8, 4) is 0 Å². The highest BCUT2D eigenvalue weighted by molar-refractivity contribution is 9.10. The summed E-state index contributed by atoms with van der Waals surface area (Å²) in [5.41, 5.74) is 2.08. The van der Waals surface area contributed by atoms with Gasteiger partial charge in [-0.3, -0.25) is 13.9 Å². The summed E-state index contributed by atoms with van der Waals surface area (Å²) in [7, 11) is -3.76. The van der Waals surface area contributed by atoms with Crippen LogP contribution in [-0.4, -0.2) is 50.0 Å². The maximum atomic E-state index is 13.7. The molecule has 1 aliphatic carbocycles. The summed E-state index contributed by atoms with van der Waals surface area (Å²) in [5.74, 6) is -0.678. The largest absolute Gasteiger partial charge is 0.352 e. The van der Waals surface area contributed by atoms with Gasteiger partial charge in [0.15, 0.2) is 0 Å². The summed E-state index contributed by atoms with van der Waals surface area (Å²) in [6.07, 6.45) is 6.28. The maximum absolute atomic E-state index is 13.7. The number of amides is 2. The Morgan fingerprint density at radius 1 is 1.08 bits per heavy atom. The van der Waals surface area contributed by atoms with E-state index in [2.05, 4.69) is 37.2 Å². The first-order chi connectivity index (χ1) is 17.0. The van der Waals surface area contributed by atoms with Crippen LogP contribution in [0.3, 0.4) is 0 Å². The minimum Gasteiger partial charge on any atom is -0.352 e. The molecule has 0 heterocycles. The average Bonchev–Trinajstić information content (AvgIpc) is 2.82. The predicted octanol–water partition coefficient (Wildman–Crippen LogP) is 5.15. The van der Waals surface area contributed by atoms with Crippen LogP contribution in [0.1, 0.15) is 50.2 Å². The lowest BCUT2D eigenvalue weighted by atomic mass is 9.95. The van der Waals surface area contributed by atoms with Gasteiger partial charge in [0, 0.05) is 21.5 Å². The number of nitrogens with one attached hydrogen (secondary N) is 1. The molecule has 2 aromatic carbocycles. The first-order valence-electron chi connectivity index (χ1n) is 12.0. The smallest absolute Gasteiger partial charge is 0.244 e. The Balaban J connectivity index is 1.88. The van der Waals surface area contributed by atoms with E-state index in [-0.39, 0.29) is 18.5 Å². The van der Waals surface area contributed by atoms with Gasteiger partial charge in [-0.2, -0.15) is 0 Å². The Morgan fingerprint density at radius 2 is 1.78 bits per heavy atom. The molecule has 1 fully saturated rings. The Bertz CT molecular complexity index is 1200. The molecule has 0 aromatic heterocycles. The van der Waals surface area contributed by atoms with E-state index < -0.39 is 28.5 Å². The van der Waals surface area contributed by atoms with E-state index in [1.54, 1.807) is 25.1 Å². The highest BCUT2D eigenvalue weighted by Gasteiger charge is 2.31. The van der Waals surface area contributed by atoms with Gasteiger partial charge in [-0.1, -0.05) is 63.3 Å². The third kappa shape index (κ3) is 7.79. The molecule has 1 atom stereocenters. The number of anilines is 1. The summed E-state index contributed by atoms with van der Waals surface area (Å²) < 4.78 is 28.2. The number of nitrogens with zero attached hydrogens (tertiary/aromatic N) is 2. The van der Waals surface area contributed by atoms with Crippen LogP contribution in [0.2, 0.25) is 0 Å². The van der Waals surface area contributed by atoms with E-state index in [1.165, 1.54) is 11.3 Å². The number of carbonyl (C=O) groups is 2. The summed E-state index contributed by atoms with van der Waals surface area (Å²) in [4.78, 5) is 28.3. The zero-order chi connectivity index (χ0) is 26.5. The fraction of sp³-hybridized carbons (Fsp3) is 0.462. The highest BCUT2D eigenvalue weighted by atomic mass is 79.9. The van der Waals surface area contributed by atoms with Crippen molar-refractivity contribution in [2.45, 2.75) is 64.6 Å². The predicted molar refractivity (Wildman–Crippen MR) is 150 cm³/mol. The van der Waals surface area contributed by atoms with E-state index in [0.717, 1.165) is 56.3 Å². The van der Waals surface area contributed by atoms with Gasteiger partial charge in [-0.15, -0.1) is 0 Å². The van der Waals surface area contributed by atoms with Crippen molar-refractivity contribution in [2.24, 2.45) is 0 Å². The Morgan fingerprint density at radius 3 is 2.39 bits per heavy atom. The molecule has 2 aromatic rings. The van der Waals surface area contributed by atoms with Crippen LogP contribution in [-0.2, 0) is 26.2 Å². The minimum absolute atomic E-state index is 0.106. The first kappa shape index (κ1) is 28.7. The molecule has 0 bridgehead atoms. The fourth-order valence-corrected chi connectivity index (χ4v) is 5.92. The van der Waals surface area contributed by atoms with E-state index in [0.29, 0.717) is 5.69 Å². The molecule has 0 aliphatic heterocycles. The topological polar surface area (TPSA) is 86.8 Å². The SMILES string of the molecule is Cc1cc(N(CC(=O)N(Cc2cccc(Br)c2)[C@H](C)C(=O)NC2CCCCC2)S(C)(=O)=O)ccc1Br. The summed E-state index contributed by atoms with van der Waals surface area (Å²) in [5, 5.41) is 3.10. The minimum atomic E-state index is -3.76. The molecule has 0 spiro atoms. The summed E-state index contributed by atoms with van der Waals surface area (Å²) in [6.45, 7) is 3.32. The van der Waals surface area contributed by atoms with E-state index in [4.69, 9.17) is 0 Å². The Labute approximate surface area is 230 Å². The van der Waals surface area contributed by atoms with Crippen molar-refractivity contribution in [3.05, 3.63) is 62.5 Å². The number of hydrogen-bond donors (Lipinski definition) is 1. The van der Waals surface area contributed by atoms with Crippen molar-refractivity contribution in [1.82, 2.24) is 10.2 Å². The second kappa shape index (κ2) is 12.6. The average molecular weight is 643 g/mol. The Hall–Kier alpha value is -1.91. The first-order valence-corrected chi connectivity index (χ1v) is 15.5. The summed E-state index contributed by atoms with van der Waals surface area (Å²) in [6, 6.07) is 12.0. The molecule has 36 heavy (non-hydrogen) atoms. The standard InChI is InChI=1S/C26H33Br2N3O4S/c1-18-14-23(12-13-24(18)28)31(36(3,34)35)17-25(32)30(16-20-8-7-9-21(27)15-20)19(2)26(33)29-22-10-5-4-6-11-22/h7-9,12-15,19,22H,4-6,10-11,16-17H2,1-3H3,(H,29,33)/t19-/m1/s1. The van der Waals surface area contributed by atoms with Crippen LogP contribution in [0.5, 0.6) is 0 Å². The second-order valence-corrected chi connectivity index (χ2v) is 13.1. The van der Waals surface area contributed by atoms with Crippen molar-refractivity contribution in [2.75, 3.05) is 17.1 Å². The normalized spacial score (nSPS) is 15.2. The van der Waals surface area contributed by atoms with Crippen LogP contribution >= 0.6 is 31.9 Å². The lowest BCUT2D eigenvalue weighted by molar-refractivity contribution is -0.139. The molecule has 2 amide bonds. The van der Waals surface area contributed by atoms with E-state index >= 15 is 0 Å². The number of carbonyl (C=O) groups excluding carboxylic acids is 2. The molecule has 3 rings (SSSR count). The fourth-order valence-electron chi connectivity index (χ4n) is 4.38. The molecule has 196 valence electrons. The van der Waals surface area contributed by atoms with Gasteiger partial charge < -0.3 is 10.2 Å². The third-order valence-electron chi connectivity index (χ3n) is 6.47. The van der Waals surface area contributed by atoms with Gasteiger partial charge in [-0.05, 0) is 68.1 Å². The van der Waals surface area contributed by atoms with Crippen molar-refractivity contribution in [1.29, 1.82) is 0 Å². The van der Waals surface area contributed by atoms with Crippen molar-refractivity contribution in [3.63, 3.8) is 0 Å². The lowest BCUT2D eigenvalue weighted by Crippen LogP contribution is -2.53. The number of benzene rings is 2. The quantitative estimate of drug-likeness (QED) is 0.410. The van der Waals surface area contributed by atoms with Crippen LogP contribution in [0, 0.1) is 6.92 Å². The molecular weight excluding hydrogens is 610 g/mol. The zero-order valence-corrected chi connectivity index (χ0v) is 24.8. The van der Waals surface area contributed by atoms with E-state index in [1.807, 2.05) is 31.2 Å². The van der Waals surface area contributed by atoms with Gasteiger partial charge in [0.2, 0.25) is 21.8 Å². The number of sulfonamides is 1. The Kier molecular flexibility index (Phi) is 10.00. The van der Waals surface area contributed by atoms with Gasteiger partial charge >= 0.3 is 0 Å². The lowest BCUT2D eigenvalue weighted by Gasteiger charge is -2.33. The summed E-state index contributed by atoms with van der Waals surface area (Å²) >= 11 is 6.89. The maximum Gasteiger partial charge on any atom is 0.244 e. The number of aryl methyl sites for hydroxylation is 1. The molecule has 0 unspecified atom stereocenters. The van der Waals surface area contributed by atoms with Crippen LogP contribution in [0.15, 0.2) is 51.4 Å². The zero-order valence-electron chi connectivity index (χ0n) is 20.8. The highest BCUT2D eigenvalue weighted by Crippen LogP contribution is 2.25. The molecular formula is C26H33Br2N3O4S. The van der Waals surface area contributed by atoms with Crippen LogP contribution in [0.4, 0.5) is 5.69 Å².